The van der Waals surface area contributed by atoms with E-state index in [-0.39, 0.29) is 0 Å². The van der Waals surface area contributed by atoms with Gasteiger partial charge in [-0.05, 0) is 30.5 Å². The van der Waals surface area contributed by atoms with Gasteiger partial charge in [0.25, 0.3) is 0 Å². The van der Waals surface area contributed by atoms with Gasteiger partial charge in [-0.25, -0.2) is 9.97 Å². The fourth-order valence-corrected chi connectivity index (χ4v) is 1.56. The summed E-state index contributed by atoms with van der Waals surface area (Å²) in [6.45, 7) is 0.641. The van der Waals surface area contributed by atoms with E-state index >= 15 is 0 Å². The zero-order valence-corrected chi connectivity index (χ0v) is 10.3. The lowest BCUT2D eigenvalue weighted by molar-refractivity contribution is 0.299. The maximum atomic E-state index is 5.56. The van der Waals surface area contributed by atoms with E-state index in [1.807, 2.05) is 19.2 Å². The first-order valence-electron chi connectivity index (χ1n) is 5.90. The second-order valence-electron chi connectivity index (χ2n) is 3.80. The first-order valence-corrected chi connectivity index (χ1v) is 5.90. The molecule has 0 aliphatic rings. The number of anilines is 1. The van der Waals surface area contributed by atoms with Gasteiger partial charge in [0.1, 0.15) is 12.1 Å². The van der Waals surface area contributed by atoms with Crippen molar-refractivity contribution in [3.63, 3.8) is 0 Å². The molecular weight excluding hydrogens is 228 g/mol. The van der Waals surface area contributed by atoms with Gasteiger partial charge in [-0.2, -0.15) is 0 Å². The van der Waals surface area contributed by atoms with Gasteiger partial charge in [0.15, 0.2) is 0 Å². The van der Waals surface area contributed by atoms with Crippen LogP contribution in [0.15, 0.2) is 36.9 Å². The van der Waals surface area contributed by atoms with Crippen LogP contribution in [0.1, 0.15) is 12.0 Å². The number of nitrogens with zero attached hydrogens (tertiary/aromatic N) is 3. The molecule has 2 aromatic heterocycles. The molecule has 0 saturated heterocycles. The van der Waals surface area contributed by atoms with E-state index in [2.05, 4.69) is 20.3 Å². The Bertz CT molecular complexity index is 475. The minimum absolute atomic E-state index is 0.601. The predicted octanol–water partition coefficient (Wildman–Crippen LogP) is 1.92. The zero-order valence-electron chi connectivity index (χ0n) is 10.3. The van der Waals surface area contributed by atoms with E-state index in [9.17, 15) is 0 Å². The number of aromatic nitrogens is 3. The highest BCUT2D eigenvalue weighted by Gasteiger charge is 1.98. The largest absolute Gasteiger partial charge is 0.478 e. The molecule has 0 unspecified atom stereocenters. The second kappa shape index (κ2) is 6.54. The summed E-state index contributed by atoms with van der Waals surface area (Å²) >= 11 is 0. The molecule has 0 amide bonds. The Morgan fingerprint density at radius 3 is 2.83 bits per heavy atom. The van der Waals surface area contributed by atoms with E-state index in [4.69, 9.17) is 4.74 Å². The summed E-state index contributed by atoms with van der Waals surface area (Å²) < 4.78 is 5.56. The van der Waals surface area contributed by atoms with Gasteiger partial charge in [0, 0.05) is 25.5 Å². The van der Waals surface area contributed by atoms with Crippen LogP contribution in [0.25, 0.3) is 0 Å². The average Bonchev–Trinajstić information content (AvgIpc) is 2.45. The Labute approximate surface area is 106 Å². The van der Waals surface area contributed by atoms with Crippen LogP contribution >= 0.6 is 0 Å². The second-order valence-corrected chi connectivity index (χ2v) is 3.80. The summed E-state index contributed by atoms with van der Waals surface area (Å²) in [6, 6.07) is 5.82. The quantitative estimate of drug-likeness (QED) is 0.787. The SMILES string of the molecule is CNc1cc(OCCCc2ccncc2)ncn1. The Morgan fingerprint density at radius 1 is 1.22 bits per heavy atom. The van der Waals surface area contributed by atoms with E-state index < -0.39 is 0 Å². The topological polar surface area (TPSA) is 59.9 Å². The van der Waals surface area contributed by atoms with Crippen molar-refractivity contribution in [3.05, 3.63) is 42.5 Å². The summed E-state index contributed by atoms with van der Waals surface area (Å²) in [5, 5.41) is 2.95. The third-order valence-electron chi connectivity index (χ3n) is 2.51. The van der Waals surface area contributed by atoms with Crippen LogP contribution in [0.3, 0.4) is 0 Å². The van der Waals surface area contributed by atoms with Gasteiger partial charge < -0.3 is 10.1 Å². The fourth-order valence-electron chi connectivity index (χ4n) is 1.56. The Morgan fingerprint density at radius 2 is 2.06 bits per heavy atom. The number of hydrogen-bond donors (Lipinski definition) is 1. The maximum absolute atomic E-state index is 5.56. The molecule has 0 atom stereocenters. The van der Waals surface area contributed by atoms with Gasteiger partial charge in [0.2, 0.25) is 5.88 Å². The average molecular weight is 244 g/mol. The number of ether oxygens (including phenoxy) is 1. The molecule has 0 bridgehead atoms. The Kier molecular flexibility index (Phi) is 4.46. The van der Waals surface area contributed by atoms with E-state index in [1.54, 1.807) is 18.5 Å². The van der Waals surface area contributed by atoms with Crippen LogP contribution in [0.5, 0.6) is 5.88 Å². The molecule has 5 heteroatoms. The Hall–Kier alpha value is -2.17. The molecule has 1 N–H and O–H groups in total. The lowest BCUT2D eigenvalue weighted by Gasteiger charge is -2.06. The number of nitrogens with one attached hydrogen (secondary N) is 1. The molecule has 2 rings (SSSR count). The summed E-state index contributed by atoms with van der Waals surface area (Å²) in [6.07, 6.45) is 7.03. The first kappa shape index (κ1) is 12.3. The maximum Gasteiger partial charge on any atom is 0.218 e. The Balaban J connectivity index is 1.75. The molecule has 5 nitrogen and oxygen atoms in total. The van der Waals surface area contributed by atoms with Crippen molar-refractivity contribution in [1.82, 2.24) is 15.0 Å². The highest BCUT2D eigenvalue weighted by Crippen LogP contribution is 2.10. The number of aryl methyl sites for hydroxylation is 1. The van der Waals surface area contributed by atoms with Gasteiger partial charge >= 0.3 is 0 Å². The minimum Gasteiger partial charge on any atom is -0.478 e. The molecule has 94 valence electrons. The molecule has 0 saturated carbocycles. The normalized spacial score (nSPS) is 10.1. The van der Waals surface area contributed by atoms with E-state index in [0.717, 1.165) is 18.7 Å². The molecule has 2 aromatic rings. The fraction of sp³-hybridized carbons (Fsp3) is 0.308. The smallest absolute Gasteiger partial charge is 0.218 e. The van der Waals surface area contributed by atoms with Crippen molar-refractivity contribution in [2.45, 2.75) is 12.8 Å². The van der Waals surface area contributed by atoms with Crippen LogP contribution < -0.4 is 10.1 Å². The van der Waals surface area contributed by atoms with Crippen molar-refractivity contribution >= 4 is 5.82 Å². The summed E-state index contributed by atoms with van der Waals surface area (Å²) in [5.74, 6) is 1.36. The molecule has 0 aliphatic carbocycles. The van der Waals surface area contributed by atoms with Crippen LogP contribution in [-0.2, 0) is 6.42 Å². The van der Waals surface area contributed by atoms with Gasteiger partial charge in [0.05, 0.1) is 6.61 Å². The summed E-state index contributed by atoms with van der Waals surface area (Å²) in [7, 11) is 1.82. The number of hydrogen-bond acceptors (Lipinski definition) is 5. The van der Waals surface area contributed by atoms with Crippen LogP contribution in [-0.4, -0.2) is 28.6 Å². The standard InChI is InChI=1S/C13H16N4O/c1-14-12-9-13(17-10-16-12)18-8-2-3-11-4-6-15-7-5-11/h4-7,9-10H,2-3,8H2,1H3,(H,14,16,17). The first-order chi connectivity index (χ1) is 8.88. The van der Waals surface area contributed by atoms with E-state index in [0.29, 0.717) is 12.5 Å². The van der Waals surface area contributed by atoms with Crippen molar-refractivity contribution in [2.75, 3.05) is 19.0 Å². The van der Waals surface area contributed by atoms with Gasteiger partial charge in [-0.3, -0.25) is 4.98 Å². The van der Waals surface area contributed by atoms with Crippen LogP contribution in [0, 0.1) is 0 Å². The van der Waals surface area contributed by atoms with Crippen LogP contribution in [0.2, 0.25) is 0 Å². The molecule has 18 heavy (non-hydrogen) atoms. The van der Waals surface area contributed by atoms with E-state index in [1.165, 1.54) is 11.9 Å². The lowest BCUT2D eigenvalue weighted by atomic mass is 10.1. The van der Waals surface area contributed by atoms with Crippen molar-refractivity contribution in [1.29, 1.82) is 0 Å². The van der Waals surface area contributed by atoms with Gasteiger partial charge in [-0.1, -0.05) is 0 Å². The molecule has 0 spiro atoms. The third kappa shape index (κ3) is 3.69. The zero-order chi connectivity index (χ0) is 12.6. The third-order valence-corrected chi connectivity index (χ3v) is 2.51. The van der Waals surface area contributed by atoms with Crippen molar-refractivity contribution < 1.29 is 4.74 Å². The highest BCUT2D eigenvalue weighted by atomic mass is 16.5. The monoisotopic (exact) mass is 244 g/mol. The minimum atomic E-state index is 0.601. The van der Waals surface area contributed by atoms with Gasteiger partial charge in [-0.15, -0.1) is 0 Å². The van der Waals surface area contributed by atoms with Crippen LogP contribution in [0.4, 0.5) is 5.82 Å². The van der Waals surface area contributed by atoms with Crippen molar-refractivity contribution in [3.8, 4) is 5.88 Å². The number of rotatable bonds is 6. The molecule has 0 fully saturated rings. The molecule has 0 aliphatic heterocycles. The lowest BCUT2D eigenvalue weighted by Crippen LogP contribution is -2.02. The molecule has 0 aromatic carbocycles. The number of pyridine rings is 1. The summed E-state index contributed by atoms with van der Waals surface area (Å²) in [4.78, 5) is 12.1. The highest BCUT2D eigenvalue weighted by molar-refractivity contribution is 5.35. The predicted molar refractivity (Wildman–Crippen MR) is 69.6 cm³/mol. The molecular formula is C13H16N4O. The molecule has 2 heterocycles. The summed E-state index contributed by atoms with van der Waals surface area (Å²) in [5.41, 5.74) is 1.27. The van der Waals surface area contributed by atoms with Crippen molar-refractivity contribution in [2.24, 2.45) is 0 Å². The molecule has 0 radical (unpaired) electrons.